The number of nitrogens with zero attached hydrogens (tertiary/aromatic N) is 2. The minimum atomic E-state index is 0.218. The molecule has 1 aromatic heterocycles. The number of hydrogen-bond donors (Lipinski definition) is 1. The summed E-state index contributed by atoms with van der Waals surface area (Å²) in [6.07, 6.45) is 8.73. The molecule has 0 amide bonds. The van der Waals surface area contributed by atoms with Gasteiger partial charge in [-0.2, -0.15) is 0 Å². The second-order valence-corrected chi connectivity index (χ2v) is 4.89. The van der Waals surface area contributed by atoms with E-state index < -0.39 is 0 Å². The molecule has 0 aliphatic carbocycles. The molecular weight excluding hydrogens is 210 g/mol. The molecule has 17 heavy (non-hydrogen) atoms. The minimum Gasteiger partial charge on any atom is -0.326 e. The van der Waals surface area contributed by atoms with Crippen LogP contribution >= 0.6 is 0 Å². The van der Waals surface area contributed by atoms with Crippen LogP contribution in [-0.2, 0) is 0 Å². The molecule has 1 saturated heterocycles. The van der Waals surface area contributed by atoms with Gasteiger partial charge in [0.2, 0.25) is 0 Å². The van der Waals surface area contributed by atoms with Crippen LogP contribution < -0.4 is 5.73 Å². The Hall–Kier alpha value is -0.930. The Kier molecular flexibility index (Phi) is 4.51. The van der Waals surface area contributed by atoms with Gasteiger partial charge >= 0.3 is 0 Å². The quantitative estimate of drug-likeness (QED) is 0.868. The van der Waals surface area contributed by atoms with Crippen LogP contribution in [0, 0.1) is 0 Å². The first kappa shape index (κ1) is 12.5. The van der Waals surface area contributed by atoms with Crippen molar-refractivity contribution in [3.05, 3.63) is 30.1 Å². The fraction of sp³-hybridized carbons (Fsp3) is 0.643. The van der Waals surface area contributed by atoms with E-state index in [0.29, 0.717) is 6.04 Å². The van der Waals surface area contributed by atoms with Crippen molar-refractivity contribution in [2.45, 2.75) is 44.7 Å². The van der Waals surface area contributed by atoms with Crippen LogP contribution in [-0.4, -0.2) is 29.0 Å². The van der Waals surface area contributed by atoms with Gasteiger partial charge in [-0.3, -0.25) is 9.88 Å². The maximum absolute atomic E-state index is 6.32. The third-order valence-corrected chi connectivity index (χ3v) is 3.71. The van der Waals surface area contributed by atoms with Crippen LogP contribution in [0.5, 0.6) is 0 Å². The third kappa shape index (κ3) is 3.05. The minimum absolute atomic E-state index is 0.218. The number of hydrogen-bond acceptors (Lipinski definition) is 3. The SMILES string of the molecule is CCC(N)C(c1ccncc1)N1CCCCC1. The molecule has 0 aromatic carbocycles. The van der Waals surface area contributed by atoms with Crippen LogP contribution in [0.4, 0.5) is 0 Å². The average Bonchev–Trinajstić information content (AvgIpc) is 2.41. The Morgan fingerprint density at radius 3 is 2.47 bits per heavy atom. The molecular formula is C14H23N3. The molecule has 1 aliphatic heterocycles. The van der Waals surface area contributed by atoms with E-state index >= 15 is 0 Å². The molecule has 2 N–H and O–H groups in total. The van der Waals surface area contributed by atoms with E-state index in [1.54, 1.807) is 0 Å². The fourth-order valence-electron chi connectivity index (χ4n) is 2.71. The number of piperidine rings is 1. The first-order chi connectivity index (χ1) is 8.33. The lowest BCUT2D eigenvalue weighted by Gasteiger charge is -2.38. The van der Waals surface area contributed by atoms with Crippen LogP contribution in [0.15, 0.2) is 24.5 Å². The molecule has 2 rings (SSSR count). The molecule has 1 fully saturated rings. The second-order valence-electron chi connectivity index (χ2n) is 4.89. The van der Waals surface area contributed by atoms with Gasteiger partial charge in [-0.1, -0.05) is 13.3 Å². The lowest BCUT2D eigenvalue weighted by molar-refractivity contribution is 0.140. The summed E-state index contributed by atoms with van der Waals surface area (Å²) in [5.74, 6) is 0. The maximum Gasteiger partial charge on any atom is 0.0500 e. The second kappa shape index (κ2) is 6.12. The monoisotopic (exact) mass is 233 g/mol. The van der Waals surface area contributed by atoms with Crippen LogP contribution in [0.3, 0.4) is 0 Å². The molecule has 2 heterocycles. The highest BCUT2D eigenvalue weighted by Gasteiger charge is 2.26. The van der Waals surface area contributed by atoms with Gasteiger partial charge in [-0.15, -0.1) is 0 Å². The predicted molar refractivity (Wildman–Crippen MR) is 70.7 cm³/mol. The summed E-state index contributed by atoms with van der Waals surface area (Å²) in [7, 11) is 0. The van der Waals surface area contributed by atoms with Crippen molar-refractivity contribution in [3.63, 3.8) is 0 Å². The molecule has 0 saturated carbocycles. The molecule has 3 heteroatoms. The van der Waals surface area contributed by atoms with Gasteiger partial charge in [-0.05, 0) is 50.0 Å². The van der Waals surface area contributed by atoms with Crippen LogP contribution in [0.25, 0.3) is 0 Å². The normalized spacial score (nSPS) is 21.1. The topological polar surface area (TPSA) is 42.1 Å². The summed E-state index contributed by atoms with van der Waals surface area (Å²) in [4.78, 5) is 6.65. The Labute approximate surface area is 104 Å². The van der Waals surface area contributed by atoms with Gasteiger partial charge in [0.1, 0.15) is 0 Å². The summed E-state index contributed by atoms with van der Waals surface area (Å²) in [6.45, 7) is 4.53. The van der Waals surface area contributed by atoms with E-state index in [0.717, 1.165) is 6.42 Å². The highest BCUT2D eigenvalue weighted by molar-refractivity contribution is 5.17. The molecule has 0 spiro atoms. The molecule has 1 aromatic rings. The predicted octanol–water partition coefficient (Wildman–Crippen LogP) is 2.35. The standard InChI is InChI=1S/C14H23N3/c1-2-13(15)14(12-6-8-16-9-7-12)17-10-4-3-5-11-17/h6-9,13-14H,2-5,10-11,15H2,1H3. The van der Waals surface area contributed by atoms with E-state index in [2.05, 4.69) is 28.9 Å². The van der Waals surface area contributed by atoms with E-state index in [4.69, 9.17) is 5.73 Å². The van der Waals surface area contributed by atoms with E-state index in [1.165, 1.54) is 37.9 Å². The zero-order valence-corrected chi connectivity index (χ0v) is 10.7. The molecule has 1 aliphatic rings. The Balaban J connectivity index is 2.18. The first-order valence-corrected chi connectivity index (χ1v) is 6.72. The molecule has 2 unspecified atom stereocenters. The molecule has 0 radical (unpaired) electrons. The lowest BCUT2D eigenvalue weighted by atomic mass is 9.95. The van der Waals surface area contributed by atoms with Crippen molar-refractivity contribution in [1.82, 2.24) is 9.88 Å². The van der Waals surface area contributed by atoms with Crippen LogP contribution in [0.2, 0.25) is 0 Å². The average molecular weight is 233 g/mol. The van der Waals surface area contributed by atoms with Gasteiger partial charge in [0.05, 0.1) is 0 Å². The zero-order valence-electron chi connectivity index (χ0n) is 10.7. The van der Waals surface area contributed by atoms with E-state index in [9.17, 15) is 0 Å². The summed E-state index contributed by atoms with van der Waals surface area (Å²) in [5, 5.41) is 0. The molecule has 2 atom stereocenters. The van der Waals surface area contributed by atoms with Gasteiger partial charge < -0.3 is 5.73 Å². The number of aromatic nitrogens is 1. The Bertz CT molecular complexity index is 319. The smallest absolute Gasteiger partial charge is 0.0500 e. The van der Waals surface area contributed by atoms with Crippen molar-refractivity contribution >= 4 is 0 Å². The zero-order chi connectivity index (χ0) is 12.1. The number of rotatable bonds is 4. The van der Waals surface area contributed by atoms with Gasteiger partial charge in [-0.25, -0.2) is 0 Å². The summed E-state index contributed by atoms with van der Waals surface area (Å²) < 4.78 is 0. The highest BCUT2D eigenvalue weighted by Crippen LogP contribution is 2.27. The summed E-state index contributed by atoms with van der Waals surface area (Å²) >= 11 is 0. The summed E-state index contributed by atoms with van der Waals surface area (Å²) in [6, 6.07) is 4.79. The molecule has 0 bridgehead atoms. The lowest BCUT2D eigenvalue weighted by Crippen LogP contribution is -2.43. The van der Waals surface area contributed by atoms with Crippen molar-refractivity contribution in [1.29, 1.82) is 0 Å². The fourth-order valence-corrected chi connectivity index (χ4v) is 2.71. The van der Waals surface area contributed by atoms with Gasteiger partial charge in [0.25, 0.3) is 0 Å². The third-order valence-electron chi connectivity index (χ3n) is 3.71. The number of pyridine rings is 1. The van der Waals surface area contributed by atoms with E-state index in [-0.39, 0.29) is 6.04 Å². The maximum atomic E-state index is 6.32. The highest BCUT2D eigenvalue weighted by atomic mass is 15.2. The van der Waals surface area contributed by atoms with Crippen molar-refractivity contribution in [2.75, 3.05) is 13.1 Å². The van der Waals surface area contributed by atoms with Crippen molar-refractivity contribution < 1.29 is 0 Å². The molecule has 3 nitrogen and oxygen atoms in total. The Morgan fingerprint density at radius 1 is 1.24 bits per heavy atom. The summed E-state index contributed by atoms with van der Waals surface area (Å²) in [5.41, 5.74) is 7.63. The van der Waals surface area contributed by atoms with Gasteiger partial charge in [0.15, 0.2) is 0 Å². The Morgan fingerprint density at radius 2 is 1.88 bits per heavy atom. The van der Waals surface area contributed by atoms with Crippen LogP contribution in [0.1, 0.15) is 44.2 Å². The van der Waals surface area contributed by atoms with Gasteiger partial charge in [0, 0.05) is 24.5 Å². The van der Waals surface area contributed by atoms with E-state index in [1.807, 2.05) is 12.4 Å². The largest absolute Gasteiger partial charge is 0.326 e. The number of nitrogens with two attached hydrogens (primary N) is 1. The molecule has 94 valence electrons. The van der Waals surface area contributed by atoms with Crippen molar-refractivity contribution in [3.8, 4) is 0 Å². The number of likely N-dealkylation sites (tertiary alicyclic amines) is 1. The van der Waals surface area contributed by atoms with Crippen molar-refractivity contribution in [2.24, 2.45) is 5.73 Å². The first-order valence-electron chi connectivity index (χ1n) is 6.72.